The van der Waals surface area contributed by atoms with Gasteiger partial charge in [0.2, 0.25) is 16.0 Å². The zero-order chi connectivity index (χ0) is 18.1. The molecule has 136 valence electrons. The summed E-state index contributed by atoms with van der Waals surface area (Å²) in [6.07, 6.45) is 3.00. The largest absolute Gasteiger partial charge is 0.381 e. The smallest absolute Gasteiger partial charge is 0.225 e. The first-order chi connectivity index (χ1) is 12.6. The predicted octanol–water partition coefficient (Wildman–Crippen LogP) is 2.29. The summed E-state index contributed by atoms with van der Waals surface area (Å²) in [4.78, 5) is 17.2. The second-order valence-electron chi connectivity index (χ2n) is 6.38. The number of rotatable bonds is 5. The molecular formula is C17H18FN5O2S. The van der Waals surface area contributed by atoms with Crippen molar-refractivity contribution in [2.24, 2.45) is 11.1 Å². The van der Waals surface area contributed by atoms with Crippen LogP contribution in [0.2, 0.25) is 0 Å². The summed E-state index contributed by atoms with van der Waals surface area (Å²) >= 11 is 1.39. The molecule has 7 nitrogen and oxygen atoms in total. The maximum absolute atomic E-state index is 13.0. The van der Waals surface area contributed by atoms with E-state index in [1.54, 1.807) is 22.8 Å². The fourth-order valence-electron chi connectivity index (χ4n) is 3.05. The van der Waals surface area contributed by atoms with E-state index < -0.39 is 5.41 Å². The summed E-state index contributed by atoms with van der Waals surface area (Å²) in [7, 11) is 0. The minimum atomic E-state index is -0.606. The van der Waals surface area contributed by atoms with Gasteiger partial charge in [0.15, 0.2) is 0 Å². The van der Waals surface area contributed by atoms with E-state index in [1.807, 2.05) is 0 Å². The first-order valence-electron chi connectivity index (χ1n) is 8.29. The maximum atomic E-state index is 13.0. The Balaban J connectivity index is 1.50. The highest BCUT2D eigenvalue weighted by atomic mass is 32.1. The number of halogens is 1. The average molecular weight is 375 g/mol. The highest BCUT2D eigenvalue weighted by Crippen LogP contribution is 2.31. The van der Waals surface area contributed by atoms with Crippen molar-refractivity contribution in [2.75, 3.05) is 25.1 Å². The number of imidazole rings is 1. The first kappa shape index (κ1) is 16.9. The lowest BCUT2D eigenvalue weighted by atomic mass is 9.79. The third-order valence-corrected chi connectivity index (χ3v) is 5.61. The molecule has 4 rings (SSSR count). The lowest BCUT2D eigenvalue weighted by Crippen LogP contribution is -2.46. The molecule has 0 unspecified atom stereocenters. The number of benzene rings is 1. The van der Waals surface area contributed by atoms with Crippen LogP contribution < -0.4 is 11.1 Å². The molecule has 3 N–H and O–H groups in total. The molecule has 1 fully saturated rings. The molecular weight excluding hydrogens is 357 g/mol. The van der Waals surface area contributed by atoms with E-state index in [0.29, 0.717) is 42.7 Å². The topological polar surface area (TPSA) is 94.5 Å². The van der Waals surface area contributed by atoms with Gasteiger partial charge in [-0.1, -0.05) is 11.3 Å². The number of anilines is 1. The number of carbonyl (C=O) groups is 1. The van der Waals surface area contributed by atoms with E-state index in [2.05, 4.69) is 15.4 Å². The monoisotopic (exact) mass is 375 g/mol. The van der Waals surface area contributed by atoms with Gasteiger partial charge in [0.25, 0.3) is 0 Å². The fourth-order valence-corrected chi connectivity index (χ4v) is 3.83. The van der Waals surface area contributed by atoms with Crippen LogP contribution in [0, 0.1) is 11.2 Å². The third-order valence-electron chi connectivity index (χ3n) is 4.73. The second kappa shape index (κ2) is 6.65. The Morgan fingerprint density at radius 1 is 1.35 bits per heavy atom. The van der Waals surface area contributed by atoms with E-state index in [0.717, 1.165) is 11.3 Å². The molecule has 0 aliphatic carbocycles. The number of nitrogens with two attached hydrogens (primary N) is 1. The van der Waals surface area contributed by atoms with Crippen LogP contribution in [-0.4, -0.2) is 40.3 Å². The van der Waals surface area contributed by atoms with Crippen LogP contribution in [0.3, 0.4) is 0 Å². The number of primary amides is 1. The highest BCUT2D eigenvalue weighted by Gasteiger charge is 2.38. The summed E-state index contributed by atoms with van der Waals surface area (Å²) < 4.78 is 20.1. The van der Waals surface area contributed by atoms with Gasteiger partial charge in [-0.3, -0.25) is 4.79 Å². The van der Waals surface area contributed by atoms with Gasteiger partial charge in [0, 0.05) is 25.3 Å². The number of aromatic nitrogens is 3. The summed E-state index contributed by atoms with van der Waals surface area (Å²) in [5.74, 6) is -0.593. The lowest BCUT2D eigenvalue weighted by molar-refractivity contribution is -0.132. The van der Waals surface area contributed by atoms with Gasteiger partial charge in [0.1, 0.15) is 5.82 Å². The first-order valence-corrected chi connectivity index (χ1v) is 9.11. The molecule has 1 aliphatic heterocycles. The third kappa shape index (κ3) is 3.15. The Labute approximate surface area is 153 Å². The van der Waals surface area contributed by atoms with Crippen molar-refractivity contribution in [3.63, 3.8) is 0 Å². The molecule has 2 aromatic heterocycles. The van der Waals surface area contributed by atoms with Crippen molar-refractivity contribution in [3.8, 4) is 11.3 Å². The second-order valence-corrected chi connectivity index (χ2v) is 7.33. The average Bonchev–Trinajstić information content (AvgIpc) is 3.20. The molecule has 1 amide bonds. The molecule has 9 heteroatoms. The normalized spacial score (nSPS) is 16.7. The van der Waals surface area contributed by atoms with Gasteiger partial charge in [-0.25, -0.2) is 13.9 Å². The number of carbonyl (C=O) groups excluding carboxylic acids is 1. The van der Waals surface area contributed by atoms with Gasteiger partial charge in [-0.2, -0.15) is 0 Å². The van der Waals surface area contributed by atoms with Gasteiger partial charge >= 0.3 is 0 Å². The number of nitrogens with zero attached hydrogens (tertiary/aromatic N) is 3. The Morgan fingerprint density at radius 3 is 2.73 bits per heavy atom. The summed E-state index contributed by atoms with van der Waals surface area (Å²) in [5, 5.41) is 8.35. The number of amides is 1. The van der Waals surface area contributed by atoms with E-state index in [4.69, 9.17) is 10.5 Å². The Hall–Kier alpha value is -2.52. The van der Waals surface area contributed by atoms with Crippen LogP contribution >= 0.6 is 11.3 Å². The molecule has 0 spiro atoms. The van der Waals surface area contributed by atoms with Crippen LogP contribution in [0.5, 0.6) is 0 Å². The summed E-state index contributed by atoms with van der Waals surface area (Å²) in [6, 6.07) is 6.17. The fraction of sp³-hybridized carbons (Fsp3) is 0.353. The molecule has 0 radical (unpaired) electrons. The Bertz CT molecular complexity index is 899. The van der Waals surface area contributed by atoms with Crippen LogP contribution in [0.15, 0.2) is 30.5 Å². The number of ether oxygens (including phenoxy) is 1. The van der Waals surface area contributed by atoms with E-state index >= 15 is 0 Å². The molecule has 1 aromatic carbocycles. The van der Waals surface area contributed by atoms with E-state index in [-0.39, 0.29) is 11.7 Å². The molecule has 3 aromatic rings. The van der Waals surface area contributed by atoms with Crippen molar-refractivity contribution >= 4 is 27.3 Å². The van der Waals surface area contributed by atoms with Crippen molar-refractivity contribution in [1.29, 1.82) is 0 Å². The van der Waals surface area contributed by atoms with Crippen molar-refractivity contribution in [1.82, 2.24) is 14.6 Å². The van der Waals surface area contributed by atoms with E-state index in [9.17, 15) is 9.18 Å². The minimum absolute atomic E-state index is 0.282. The number of hydrogen-bond acceptors (Lipinski definition) is 6. The number of nitrogens with one attached hydrogen (secondary N) is 1. The van der Waals surface area contributed by atoms with Crippen molar-refractivity contribution in [3.05, 3.63) is 36.3 Å². The zero-order valence-electron chi connectivity index (χ0n) is 13.9. The van der Waals surface area contributed by atoms with Crippen molar-refractivity contribution < 1.29 is 13.9 Å². The molecule has 0 bridgehead atoms. The molecule has 1 saturated heterocycles. The Morgan fingerprint density at radius 2 is 2.08 bits per heavy atom. The minimum Gasteiger partial charge on any atom is -0.381 e. The van der Waals surface area contributed by atoms with Crippen LogP contribution in [0.25, 0.3) is 16.2 Å². The molecule has 0 saturated carbocycles. The molecule has 0 atom stereocenters. The van der Waals surface area contributed by atoms with Gasteiger partial charge in [-0.05, 0) is 37.1 Å². The van der Waals surface area contributed by atoms with Gasteiger partial charge in [-0.15, -0.1) is 5.10 Å². The number of hydrogen-bond donors (Lipinski definition) is 2. The zero-order valence-corrected chi connectivity index (χ0v) is 14.8. The lowest BCUT2D eigenvalue weighted by Gasteiger charge is -2.34. The quantitative estimate of drug-likeness (QED) is 0.713. The number of fused-ring (bicyclic) bond motifs is 1. The molecule has 26 heavy (non-hydrogen) atoms. The SMILES string of the molecule is NC(=O)C1(CNc2nn3cc(-c4ccc(F)cc4)nc3s2)CCOCC1. The molecule has 1 aliphatic rings. The van der Waals surface area contributed by atoms with Gasteiger partial charge < -0.3 is 15.8 Å². The standard InChI is InChI=1S/C17H18FN5O2S/c18-12-3-1-11(2-4-12)13-9-23-16(21-13)26-15(22-23)20-10-17(14(19)24)5-7-25-8-6-17/h1-4,9H,5-8,10H2,(H2,19,24)(H,20,22). The summed E-state index contributed by atoms with van der Waals surface area (Å²) in [6.45, 7) is 1.49. The van der Waals surface area contributed by atoms with Crippen LogP contribution in [0.4, 0.5) is 9.52 Å². The molecule has 3 heterocycles. The predicted molar refractivity (Wildman–Crippen MR) is 96.4 cm³/mol. The summed E-state index contributed by atoms with van der Waals surface area (Å²) in [5.41, 5.74) is 6.57. The van der Waals surface area contributed by atoms with Crippen LogP contribution in [-0.2, 0) is 9.53 Å². The van der Waals surface area contributed by atoms with E-state index in [1.165, 1.54) is 23.5 Å². The highest BCUT2D eigenvalue weighted by molar-refractivity contribution is 7.20. The van der Waals surface area contributed by atoms with Crippen molar-refractivity contribution in [2.45, 2.75) is 12.8 Å². The Kier molecular flexibility index (Phi) is 4.33. The van der Waals surface area contributed by atoms with Crippen LogP contribution in [0.1, 0.15) is 12.8 Å². The van der Waals surface area contributed by atoms with Gasteiger partial charge in [0.05, 0.1) is 17.3 Å². The maximum Gasteiger partial charge on any atom is 0.225 e.